The van der Waals surface area contributed by atoms with E-state index in [4.69, 9.17) is 17.3 Å². The molecule has 0 fully saturated rings. The van der Waals surface area contributed by atoms with Gasteiger partial charge in [-0.25, -0.2) is 0 Å². The summed E-state index contributed by atoms with van der Waals surface area (Å²) < 4.78 is 1.49. The Balaban J connectivity index is 2.27. The fourth-order valence-electron chi connectivity index (χ4n) is 0.958. The maximum absolute atomic E-state index is 11.2. The van der Waals surface area contributed by atoms with Crippen LogP contribution in [-0.4, -0.2) is 28.8 Å². The Morgan fingerprint density at radius 2 is 2.50 bits per heavy atom. The molecule has 0 aliphatic rings. The van der Waals surface area contributed by atoms with E-state index in [0.29, 0.717) is 18.1 Å². The van der Waals surface area contributed by atoms with Gasteiger partial charge in [-0.3, -0.25) is 9.48 Å². The van der Waals surface area contributed by atoms with E-state index in [2.05, 4.69) is 10.4 Å². The minimum Gasteiger partial charge on any atom is -0.354 e. The maximum Gasteiger partial charge on any atom is 0.241 e. The molecular formula is C8H13ClN4O. The summed E-state index contributed by atoms with van der Waals surface area (Å²) in [5, 5.41) is 7.13. The van der Waals surface area contributed by atoms with Crippen LogP contribution in [-0.2, 0) is 11.3 Å². The van der Waals surface area contributed by atoms with E-state index in [0.717, 1.165) is 6.42 Å². The summed E-state index contributed by atoms with van der Waals surface area (Å²) in [6.07, 6.45) is 3.88. The van der Waals surface area contributed by atoms with E-state index in [9.17, 15) is 4.79 Å². The van der Waals surface area contributed by atoms with E-state index in [1.807, 2.05) is 0 Å². The van der Waals surface area contributed by atoms with Crippen LogP contribution >= 0.6 is 11.6 Å². The van der Waals surface area contributed by atoms with E-state index in [1.54, 1.807) is 6.20 Å². The summed E-state index contributed by atoms with van der Waals surface area (Å²) in [6, 6.07) is 0. The first-order valence-electron chi connectivity index (χ1n) is 4.37. The minimum absolute atomic E-state index is 0.0850. The van der Waals surface area contributed by atoms with E-state index >= 15 is 0 Å². The van der Waals surface area contributed by atoms with Crippen molar-refractivity contribution in [2.75, 3.05) is 13.1 Å². The summed E-state index contributed by atoms with van der Waals surface area (Å²) in [6.45, 7) is 1.37. The van der Waals surface area contributed by atoms with Crippen LogP contribution < -0.4 is 11.1 Å². The molecule has 0 bridgehead atoms. The molecule has 5 nitrogen and oxygen atoms in total. The smallest absolute Gasteiger partial charge is 0.241 e. The Labute approximate surface area is 87.2 Å². The van der Waals surface area contributed by atoms with Crippen molar-refractivity contribution in [1.82, 2.24) is 15.1 Å². The van der Waals surface area contributed by atoms with Crippen molar-refractivity contribution in [3.8, 4) is 0 Å². The molecule has 0 aromatic carbocycles. The summed E-state index contributed by atoms with van der Waals surface area (Å²) in [7, 11) is 0. The van der Waals surface area contributed by atoms with Crippen molar-refractivity contribution in [3.63, 3.8) is 0 Å². The van der Waals surface area contributed by atoms with Crippen molar-refractivity contribution in [2.45, 2.75) is 13.0 Å². The number of carbonyl (C=O) groups excluding carboxylic acids is 1. The fourth-order valence-corrected chi connectivity index (χ4v) is 1.11. The van der Waals surface area contributed by atoms with Crippen LogP contribution in [0.2, 0.25) is 5.02 Å². The number of hydrogen-bond acceptors (Lipinski definition) is 3. The average molecular weight is 217 g/mol. The summed E-state index contributed by atoms with van der Waals surface area (Å²) in [5.74, 6) is -0.0850. The number of nitrogens with two attached hydrogens (primary N) is 1. The molecule has 0 radical (unpaired) electrons. The Bertz CT molecular complexity index is 299. The number of nitrogens with one attached hydrogen (secondary N) is 1. The summed E-state index contributed by atoms with van der Waals surface area (Å²) in [4.78, 5) is 11.2. The largest absolute Gasteiger partial charge is 0.354 e. The zero-order valence-electron chi connectivity index (χ0n) is 7.74. The molecular weight excluding hydrogens is 204 g/mol. The van der Waals surface area contributed by atoms with Crippen LogP contribution in [0, 0.1) is 0 Å². The number of hydrogen-bond donors (Lipinski definition) is 2. The molecule has 6 heteroatoms. The Kier molecular flexibility index (Phi) is 4.42. The van der Waals surface area contributed by atoms with Crippen molar-refractivity contribution >= 4 is 17.5 Å². The van der Waals surface area contributed by atoms with E-state index < -0.39 is 0 Å². The first kappa shape index (κ1) is 11.0. The van der Waals surface area contributed by atoms with Gasteiger partial charge >= 0.3 is 0 Å². The summed E-state index contributed by atoms with van der Waals surface area (Å²) >= 11 is 5.64. The maximum atomic E-state index is 11.2. The third-order valence-corrected chi connectivity index (χ3v) is 1.81. The van der Waals surface area contributed by atoms with Crippen LogP contribution in [0.4, 0.5) is 0 Å². The van der Waals surface area contributed by atoms with Gasteiger partial charge in [0.25, 0.3) is 0 Å². The van der Waals surface area contributed by atoms with E-state index in [1.165, 1.54) is 10.9 Å². The Hall–Kier alpha value is -1.07. The lowest BCUT2D eigenvalue weighted by atomic mass is 10.4. The third-order valence-electron chi connectivity index (χ3n) is 1.61. The Morgan fingerprint density at radius 3 is 3.07 bits per heavy atom. The topological polar surface area (TPSA) is 72.9 Å². The zero-order valence-corrected chi connectivity index (χ0v) is 8.50. The molecule has 1 heterocycles. The highest BCUT2D eigenvalue weighted by atomic mass is 35.5. The Morgan fingerprint density at radius 1 is 1.71 bits per heavy atom. The van der Waals surface area contributed by atoms with Crippen LogP contribution in [0.25, 0.3) is 0 Å². The minimum atomic E-state index is -0.0850. The zero-order chi connectivity index (χ0) is 10.4. The summed E-state index contributed by atoms with van der Waals surface area (Å²) in [5.41, 5.74) is 5.28. The van der Waals surface area contributed by atoms with Crippen LogP contribution in [0.3, 0.4) is 0 Å². The van der Waals surface area contributed by atoms with Gasteiger partial charge in [0.1, 0.15) is 6.54 Å². The fraction of sp³-hybridized carbons (Fsp3) is 0.500. The van der Waals surface area contributed by atoms with Crippen molar-refractivity contribution in [1.29, 1.82) is 0 Å². The second kappa shape index (κ2) is 5.62. The van der Waals surface area contributed by atoms with Gasteiger partial charge in [-0.1, -0.05) is 11.6 Å². The van der Waals surface area contributed by atoms with Gasteiger partial charge in [-0.05, 0) is 13.0 Å². The third kappa shape index (κ3) is 3.76. The van der Waals surface area contributed by atoms with Gasteiger partial charge in [-0.15, -0.1) is 0 Å². The van der Waals surface area contributed by atoms with Gasteiger partial charge in [0.05, 0.1) is 11.2 Å². The molecule has 0 saturated heterocycles. The molecule has 0 spiro atoms. The van der Waals surface area contributed by atoms with Gasteiger partial charge in [-0.2, -0.15) is 5.10 Å². The van der Waals surface area contributed by atoms with Gasteiger partial charge in [0.2, 0.25) is 5.91 Å². The molecule has 78 valence electrons. The number of amides is 1. The highest BCUT2D eigenvalue weighted by molar-refractivity contribution is 6.30. The molecule has 0 saturated carbocycles. The highest BCUT2D eigenvalue weighted by Crippen LogP contribution is 2.03. The average Bonchev–Trinajstić information content (AvgIpc) is 2.52. The number of aromatic nitrogens is 2. The van der Waals surface area contributed by atoms with Gasteiger partial charge in [0.15, 0.2) is 0 Å². The quantitative estimate of drug-likeness (QED) is 0.681. The predicted molar refractivity (Wildman–Crippen MR) is 53.9 cm³/mol. The molecule has 0 aliphatic heterocycles. The molecule has 1 rings (SSSR count). The van der Waals surface area contributed by atoms with E-state index in [-0.39, 0.29) is 12.5 Å². The highest BCUT2D eigenvalue weighted by Gasteiger charge is 2.02. The SMILES string of the molecule is NCCCNC(=O)Cn1cc(Cl)cn1. The van der Waals surface area contributed by atoms with Crippen molar-refractivity contribution in [2.24, 2.45) is 5.73 Å². The first-order chi connectivity index (χ1) is 6.72. The molecule has 3 N–H and O–H groups in total. The molecule has 0 aliphatic carbocycles. The number of rotatable bonds is 5. The van der Waals surface area contributed by atoms with Crippen LogP contribution in [0.5, 0.6) is 0 Å². The second-order valence-corrected chi connectivity index (χ2v) is 3.28. The molecule has 0 unspecified atom stereocenters. The standard InChI is InChI=1S/C8H13ClN4O/c9-7-4-12-13(5-7)6-8(14)11-3-1-2-10/h4-5H,1-3,6,10H2,(H,11,14). The monoisotopic (exact) mass is 216 g/mol. The lowest BCUT2D eigenvalue weighted by Gasteiger charge is -2.03. The van der Waals surface area contributed by atoms with Crippen LogP contribution in [0.15, 0.2) is 12.4 Å². The first-order valence-corrected chi connectivity index (χ1v) is 4.75. The molecule has 1 aromatic rings. The lowest BCUT2D eigenvalue weighted by Crippen LogP contribution is -2.29. The van der Waals surface area contributed by atoms with Gasteiger partial charge in [0, 0.05) is 12.7 Å². The molecule has 0 atom stereocenters. The molecule has 1 aromatic heterocycles. The second-order valence-electron chi connectivity index (χ2n) is 2.85. The number of carbonyl (C=O) groups is 1. The van der Waals surface area contributed by atoms with Crippen molar-refractivity contribution in [3.05, 3.63) is 17.4 Å². The molecule has 14 heavy (non-hydrogen) atoms. The normalized spacial score (nSPS) is 10.1. The lowest BCUT2D eigenvalue weighted by molar-refractivity contribution is -0.121. The predicted octanol–water partition coefficient (Wildman–Crippen LogP) is 0.00150. The number of halogens is 1. The molecule has 1 amide bonds. The van der Waals surface area contributed by atoms with Gasteiger partial charge < -0.3 is 11.1 Å². The van der Waals surface area contributed by atoms with Crippen LogP contribution in [0.1, 0.15) is 6.42 Å². The number of nitrogens with zero attached hydrogens (tertiary/aromatic N) is 2. The van der Waals surface area contributed by atoms with Crippen molar-refractivity contribution < 1.29 is 4.79 Å².